The summed E-state index contributed by atoms with van der Waals surface area (Å²) in [7, 11) is 0. The van der Waals surface area contributed by atoms with Crippen LogP contribution in [0.25, 0.3) is 0 Å². The Bertz CT molecular complexity index is 320. The first kappa shape index (κ1) is 22.3. The lowest BCUT2D eigenvalue weighted by atomic mass is 9.91. The van der Waals surface area contributed by atoms with Gasteiger partial charge >= 0.3 is 5.97 Å². The lowest BCUT2D eigenvalue weighted by Crippen LogP contribution is -2.34. The van der Waals surface area contributed by atoms with Crippen molar-refractivity contribution in [3.63, 3.8) is 0 Å². The van der Waals surface area contributed by atoms with Gasteiger partial charge in [0, 0.05) is 13.2 Å². The van der Waals surface area contributed by atoms with E-state index in [1.807, 2.05) is 34.6 Å². The van der Waals surface area contributed by atoms with Crippen molar-refractivity contribution in [1.82, 2.24) is 0 Å². The summed E-state index contributed by atoms with van der Waals surface area (Å²) in [5.74, 6) is -0.320. The van der Waals surface area contributed by atoms with Crippen LogP contribution in [-0.4, -0.2) is 44.7 Å². The van der Waals surface area contributed by atoms with E-state index in [1.165, 1.54) is 0 Å². The summed E-state index contributed by atoms with van der Waals surface area (Å²) in [6.07, 6.45) is -1.31. The van der Waals surface area contributed by atoms with Gasteiger partial charge in [-0.3, -0.25) is 4.79 Å². The Kier molecular flexibility index (Phi) is 11.4. The Labute approximate surface area is 139 Å². The largest absolute Gasteiger partial charge is 0.460 e. The minimum atomic E-state index is -0.906. The number of carbonyl (C=O) groups excluding carboxylic acids is 1. The third-order valence-corrected chi connectivity index (χ3v) is 3.23. The van der Waals surface area contributed by atoms with Crippen LogP contribution in [0.4, 0.5) is 0 Å². The monoisotopic (exact) mass is 336 g/mol. The molecule has 138 valence electrons. The summed E-state index contributed by atoms with van der Waals surface area (Å²) < 4.78 is 21.3. The first-order valence-electron chi connectivity index (χ1n) is 8.14. The molecule has 0 spiro atoms. The van der Waals surface area contributed by atoms with Gasteiger partial charge in [-0.05, 0) is 48.0 Å². The van der Waals surface area contributed by atoms with Crippen LogP contribution >= 0.6 is 0 Å². The molecule has 0 N–H and O–H groups in total. The number of hydrogen-bond acceptors (Lipinski definition) is 7. The van der Waals surface area contributed by atoms with Crippen LogP contribution in [0.5, 0.6) is 0 Å². The number of esters is 1. The molecule has 7 nitrogen and oxygen atoms in total. The minimum Gasteiger partial charge on any atom is -0.460 e. The summed E-state index contributed by atoms with van der Waals surface area (Å²) in [6, 6.07) is 0. The van der Waals surface area contributed by atoms with Crippen molar-refractivity contribution in [3.8, 4) is 0 Å². The zero-order valence-corrected chi connectivity index (χ0v) is 15.4. The molecule has 7 heteroatoms. The van der Waals surface area contributed by atoms with Gasteiger partial charge in [-0.2, -0.15) is 4.89 Å². The van der Waals surface area contributed by atoms with Crippen LogP contribution in [0.2, 0.25) is 0 Å². The van der Waals surface area contributed by atoms with Crippen molar-refractivity contribution < 1.29 is 33.5 Å². The fourth-order valence-corrected chi connectivity index (χ4v) is 1.46. The van der Waals surface area contributed by atoms with Crippen molar-refractivity contribution >= 4 is 5.97 Å². The van der Waals surface area contributed by atoms with E-state index in [4.69, 9.17) is 28.7 Å². The molecule has 0 aromatic rings. The topological polar surface area (TPSA) is 72.5 Å². The molecule has 0 aliphatic heterocycles. The maximum atomic E-state index is 12.0. The predicted octanol–water partition coefficient (Wildman–Crippen LogP) is 3.02. The van der Waals surface area contributed by atoms with Crippen LogP contribution in [0.3, 0.4) is 0 Å². The Hall–Kier alpha value is -0.730. The molecule has 0 aromatic carbocycles. The molecule has 3 unspecified atom stereocenters. The van der Waals surface area contributed by atoms with E-state index in [2.05, 4.69) is 0 Å². The molecule has 0 aliphatic carbocycles. The Morgan fingerprint density at radius 3 is 2.04 bits per heavy atom. The van der Waals surface area contributed by atoms with Gasteiger partial charge in [-0.25, -0.2) is 4.89 Å². The standard InChI is InChI=1S/C16H32O7/c1-8-16(6,7)15(17)20-11-14(21-12(4)18-9-2)23-22-13(5)19-10-3/h12-14H,8-11H2,1-7H3. The van der Waals surface area contributed by atoms with Crippen LogP contribution in [0.15, 0.2) is 0 Å². The molecule has 0 saturated carbocycles. The number of hydrogen-bond donors (Lipinski definition) is 0. The first-order chi connectivity index (χ1) is 10.8. The molecule has 0 bridgehead atoms. The van der Waals surface area contributed by atoms with Gasteiger partial charge in [-0.15, -0.1) is 0 Å². The van der Waals surface area contributed by atoms with Crippen molar-refractivity contribution in [3.05, 3.63) is 0 Å². The van der Waals surface area contributed by atoms with Gasteiger partial charge in [0.25, 0.3) is 0 Å². The van der Waals surface area contributed by atoms with Gasteiger partial charge in [0.05, 0.1) is 5.41 Å². The molecule has 0 rings (SSSR count). The van der Waals surface area contributed by atoms with Crippen molar-refractivity contribution in [2.45, 2.75) is 73.8 Å². The highest BCUT2D eigenvalue weighted by Gasteiger charge is 2.29. The van der Waals surface area contributed by atoms with Gasteiger partial charge in [-0.1, -0.05) is 6.92 Å². The SMILES string of the molecule is CCOC(C)OOC(COC(=O)C(C)(C)CC)OC(C)OCC. The molecule has 0 saturated heterocycles. The minimum absolute atomic E-state index is 0.0987. The highest BCUT2D eigenvalue weighted by molar-refractivity contribution is 5.75. The molecule has 3 atom stereocenters. The van der Waals surface area contributed by atoms with Crippen LogP contribution < -0.4 is 0 Å². The zero-order chi connectivity index (χ0) is 17.9. The quantitative estimate of drug-likeness (QED) is 0.221. The highest BCUT2D eigenvalue weighted by Crippen LogP contribution is 2.21. The third-order valence-electron chi connectivity index (χ3n) is 3.23. The van der Waals surface area contributed by atoms with E-state index in [1.54, 1.807) is 13.8 Å². The average Bonchev–Trinajstić information content (AvgIpc) is 2.50. The lowest BCUT2D eigenvalue weighted by molar-refractivity contribution is -0.445. The van der Waals surface area contributed by atoms with E-state index >= 15 is 0 Å². The van der Waals surface area contributed by atoms with Crippen molar-refractivity contribution in [1.29, 1.82) is 0 Å². The zero-order valence-electron chi connectivity index (χ0n) is 15.4. The van der Waals surface area contributed by atoms with Gasteiger partial charge in [0.15, 0.2) is 12.6 Å². The van der Waals surface area contributed by atoms with Crippen molar-refractivity contribution in [2.75, 3.05) is 19.8 Å². The second kappa shape index (κ2) is 11.8. The smallest absolute Gasteiger partial charge is 0.311 e. The van der Waals surface area contributed by atoms with E-state index in [9.17, 15) is 4.79 Å². The molecule has 0 fully saturated rings. The van der Waals surface area contributed by atoms with Crippen LogP contribution in [-0.2, 0) is 33.5 Å². The van der Waals surface area contributed by atoms with E-state index < -0.39 is 24.3 Å². The fraction of sp³-hybridized carbons (Fsp3) is 0.938. The number of ether oxygens (including phenoxy) is 4. The van der Waals surface area contributed by atoms with Gasteiger partial charge in [0.1, 0.15) is 6.61 Å². The molecular formula is C16H32O7. The van der Waals surface area contributed by atoms with E-state index in [0.717, 1.165) is 0 Å². The first-order valence-corrected chi connectivity index (χ1v) is 8.14. The Balaban J connectivity index is 4.50. The highest BCUT2D eigenvalue weighted by atomic mass is 17.2. The average molecular weight is 336 g/mol. The molecule has 0 radical (unpaired) electrons. The summed E-state index contributed by atoms with van der Waals surface area (Å²) in [4.78, 5) is 22.3. The maximum absolute atomic E-state index is 12.0. The predicted molar refractivity (Wildman–Crippen MR) is 84.3 cm³/mol. The lowest BCUT2D eigenvalue weighted by Gasteiger charge is -2.25. The Morgan fingerprint density at radius 2 is 1.52 bits per heavy atom. The molecule has 0 amide bonds. The maximum Gasteiger partial charge on any atom is 0.311 e. The Morgan fingerprint density at radius 1 is 0.957 bits per heavy atom. The second-order valence-corrected chi connectivity index (χ2v) is 5.64. The summed E-state index contributed by atoms with van der Waals surface area (Å²) in [6.45, 7) is 13.6. The summed E-state index contributed by atoms with van der Waals surface area (Å²) in [5.41, 5.74) is -0.560. The fourth-order valence-electron chi connectivity index (χ4n) is 1.46. The molecule has 0 heterocycles. The van der Waals surface area contributed by atoms with E-state index in [-0.39, 0.29) is 12.6 Å². The molecular weight excluding hydrogens is 304 g/mol. The summed E-state index contributed by atoms with van der Waals surface area (Å²) in [5, 5.41) is 0. The molecule has 23 heavy (non-hydrogen) atoms. The van der Waals surface area contributed by atoms with Crippen LogP contribution in [0, 0.1) is 5.41 Å². The second-order valence-electron chi connectivity index (χ2n) is 5.64. The van der Waals surface area contributed by atoms with Crippen molar-refractivity contribution in [2.24, 2.45) is 5.41 Å². The third kappa shape index (κ3) is 9.88. The number of carbonyl (C=O) groups is 1. The molecule has 0 aliphatic rings. The van der Waals surface area contributed by atoms with Gasteiger partial charge < -0.3 is 18.9 Å². The number of rotatable bonds is 13. The normalized spacial score (nSPS) is 16.0. The van der Waals surface area contributed by atoms with Gasteiger partial charge in [0.2, 0.25) is 6.29 Å². The van der Waals surface area contributed by atoms with E-state index in [0.29, 0.717) is 19.6 Å². The summed E-state index contributed by atoms with van der Waals surface area (Å²) >= 11 is 0. The molecule has 0 aromatic heterocycles. The van der Waals surface area contributed by atoms with Crippen LogP contribution in [0.1, 0.15) is 54.9 Å².